The van der Waals surface area contributed by atoms with Gasteiger partial charge in [-0.1, -0.05) is 12.1 Å². The minimum Gasteiger partial charge on any atom is -0.406 e. The summed E-state index contributed by atoms with van der Waals surface area (Å²) in [6, 6.07) is 6.93. The third-order valence-corrected chi connectivity index (χ3v) is 2.99. The maximum atomic E-state index is 12.0. The van der Waals surface area contributed by atoms with E-state index in [2.05, 4.69) is 4.74 Å². The number of ether oxygens (including phenoxy) is 1. The molecule has 0 aliphatic carbocycles. The lowest BCUT2D eigenvalue weighted by Gasteiger charge is -2.12. The van der Waals surface area contributed by atoms with Crippen LogP contribution in [0.25, 0.3) is 0 Å². The normalized spacial score (nSPS) is 13.3. The second-order valence-corrected chi connectivity index (χ2v) is 4.36. The fourth-order valence-electron chi connectivity index (χ4n) is 1.47. The first-order valence-electron chi connectivity index (χ1n) is 5.01. The summed E-state index contributed by atoms with van der Waals surface area (Å²) in [6.07, 6.45) is -5.54. The topological polar surface area (TPSA) is 29.5 Å². The van der Waals surface area contributed by atoms with Crippen molar-refractivity contribution in [1.29, 1.82) is 0 Å². The Labute approximate surface area is 105 Å². The number of thiophene rings is 1. The molecule has 1 heterocycles. The minimum atomic E-state index is -4.70. The Bertz CT molecular complexity index is 491. The van der Waals surface area contributed by atoms with E-state index in [0.717, 1.165) is 0 Å². The Morgan fingerprint density at radius 3 is 2.22 bits per heavy atom. The highest BCUT2D eigenvalue weighted by molar-refractivity contribution is 7.07. The van der Waals surface area contributed by atoms with E-state index in [1.54, 1.807) is 11.4 Å². The second-order valence-electron chi connectivity index (χ2n) is 3.58. The van der Waals surface area contributed by atoms with Crippen molar-refractivity contribution in [1.82, 2.24) is 0 Å². The zero-order chi connectivity index (χ0) is 13.2. The smallest absolute Gasteiger partial charge is 0.406 e. The van der Waals surface area contributed by atoms with Gasteiger partial charge in [0.1, 0.15) is 11.9 Å². The van der Waals surface area contributed by atoms with Gasteiger partial charge in [0.2, 0.25) is 0 Å². The van der Waals surface area contributed by atoms with Gasteiger partial charge < -0.3 is 9.84 Å². The molecule has 0 saturated carbocycles. The monoisotopic (exact) mass is 274 g/mol. The minimum absolute atomic E-state index is 0.302. The molecule has 1 atom stereocenters. The van der Waals surface area contributed by atoms with Crippen molar-refractivity contribution in [2.45, 2.75) is 12.5 Å². The van der Waals surface area contributed by atoms with Gasteiger partial charge in [0, 0.05) is 0 Å². The molecule has 6 heteroatoms. The van der Waals surface area contributed by atoms with Crippen molar-refractivity contribution in [3.05, 3.63) is 52.2 Å². The van der Waals surface area contributed by atoms with Crippen molar-refractivity contribution in [2.75, 3.05) is 0 Å². The number of aliphatic hydroxyl groups is 1. The zero-order valence-corrected chi connectivity index (χ0v) is 9.83. The van der Waals surface area contributed by atoms with E-state index in [-0.39, 0.29) is 5.75 Å². The van der Waals surface area contributed by atoms with Crippen LogP contribution in [0, 0.1) is 0 Å². The van der Waals surface area contributed by atoms with Crippen LogP contribution in [-0.2, 0) is 0 Å². The van der Waals surface area contributed by atoms with Gasteiger partial charge >= 0.3 is 6.36 Å². The van der Waals surface area contributed by atoms with Gasteiger partial charge in [0.05, 0.1) is 0 Å². The van der Waals surface area contributed by atoms with Crippen molar-refractivity contribution >= 4 is 11.3 Å². The molecular weight excluding hydrogens is 265 g/mol. The Balaban J connectivity index is 2.13. The van der Waals surface area contributed by atoms with Gasteiger partial charge in [0.15, 0.2) is 0 Å². The van der Waals surface area contributed by atoms with Crippen LogP contribution < -0.4 is 4.74 Å². The molecule has 1 aromatic heterocycles. The average Bonchev–Trinajstić information content (AvgIpc) is 2.80. The van der Waals surface area contributed by atoms with Gasteiger partial charge in [-0.05, 0) is 40.1 Å². The molecule has 0 spiro atoms. The van der Waals surface area contributed by atoms with E-state index in [1.165, 1.54) is 35.6 Å². The van der Waals surface area contributed by atoms with Gasteiger partial charge in [-0.25, -0.2) is 0 Å². The summed E-state index contributed by atoms with van der Waals surface area (Å²) >= 11 is 1.44. The molecular formula is C12H9F3O2S. The van der Waals surface area contributed by atoms with E-state index in [1.807, 2.05) is 5.38 Å². The molecule has 1 aromatic carbocycles. The largest absolute Gasteiger partial charge is 0.573 e. The zero-order valence-electron chi connectivity index (χ0n) is 9.02. The number of halogens is 3. The lowest BCUT2D eigenvalue weighted by atomic mass is 10.0. The number of rotatable bonds is 3. The molecule has 0 fully saturated rings. The quantitative estimate of drug-likeness (QED) is 0.924. The molecule has 0 radical (unpaired) electrons. The standard InChI is InChI=1S/C12H9F3O2S/c13-12(14,15)17-10-3-1-8(2-4-10)11(16)9-5-6-18-7-9/h1-7,11,16H. The molecule has 0 amide bonds. The third-order valence-electron chi connectivity index (χ3n) is 2.29. The van der Waals surface area contributed by atoms with Gasteiger partial charge in [-0.15, -0.1) is 13.2 Å². The van der Waals surface area contributed by atoms with E-state index < -0.39 is 12.5 Å². The first-order chi connectivity index (χ1) is 8.46. The number of hydrogen-bond acceptors (Lipinski definition) is 3. The summed E-state index contributed by atoms with van der Waals surface area (Å²) in [5.41, 5.74) is 1.23. The Hall–Kier alpha value is -1.53. The van der Waals surface area contributed by atoms with Crippen LogP contribution in [0.3, 0.4) is 0 Å². The number of alkyl halides is 3. The van der Waals surface area contributed by atoms with Crippen molar-refractivity contribution in [3.63, 3.8) is 0 Å². The Morgan fingerprint density at radius 1 is 1.06 bits per heavy atom. The predicted molar refractivity (Wildman–Crippen MR) is 61.5 cm³/mol. The molecule has 2 nitrogen and oxygen atoms in total. The molecule has 2 rings (SSSR count). The molecule has 0 aliphatic heterocycles. The maximum Gasteiger partial charge on any atom is 0.573 e. The Kier molecular flexibility index (Phi) is 3.58. The molecule has 2 aromatic rings. The molecule has 18 heavy (non-hydrogen) atoms. The van der Waals surface area contributed by atoms with Crippen molar-refractivity contribution in [3.8, 4) is 5.75 Å². The number of benzene rings is 1. The maximum absolute atomic E-state index is 12.0. The van der Waals surface area contributed by atoms with Crippen molar-refractivity contribution in [2.24, 2.45) is 0 Å². The summed E-state index contributed by atoms with van der Waals surface area (Å²) < 4.78 is 39.6. The third kappa shape index (κ3) is 3.24. The van der Waals surface area contributed by atoms with Crippen LogP contribution in [0.15, 0.2) is 41.1 Å². The summed E-state index contributed by atoms with van der Waals surface area (Å²) in [7, 11) is 0. The van der Waals surface area contributed by atoms with Crippen LogP contribution in [0.5, 0.6) is 5.75 Å². The van der Waals surface area contributed by atoms with Crippen LogP contribution in [0.2, 0.25) is 0 Å². The lowest BCUT2D eigenvalue weighted by Crippen LogP contribution is -2.17. The number of aliphatic hydroxyl groups excluding tert-OH is 1. The van der Waals surface area contributed by atoms with Crippen LogP contribution >= 0.6 is 11.3 Å². The summed E-state index contributed by atoms with van der Waals surface area (Å²) in [5, 5.41) is 13.5. The van der Waals surface area contributed by atoms with Crippen LogP contribution in [-0.4, -0.2) is 11.5 Å². The molecule has 1 unspecified atom stereocenters. The molecule has 96 valence electrons. The van der Waals surface area contributed by atoms with E-state index in [9.17, 15) is 18.3 Å². The predicted octanol–water partition coefficient (Wildman–Crippen LogP) is 3.73. The highest BCUT2D eigenvalue weighted by atomic mass is 32.1. The molecule has 0 aliphatic rings. The fraction of sp³-hybridized carbons (Fsp3) is 0.167. The SMILES string of the molecule is OC(c1ccc(OC(F)(F)F)cc1)c1ccsc1. The average molecular weight is 274 g/mol. The highest BCUT2D eigenvalue weighted by Crippen LogP contribution is 2.27. The summed E-state index contributed by atoms with van der Waals surface area (Å²) in [6.45, 7) is 0. The fourth-order valence-corrected chi connectivity index (χ4v) is 2.15. The summed E-state index contributed by atoms with van der Waals surface area (Å²) in [4.78, 5) is 0. The van der Waals surface area contributed by atoms with Gasteiger partial charge in [0.25, 0.3) is 0 Å². The van der Waals surface area contributed by atoms with E-state index in [4.69, 9.17) is 0 Å². The molecule has 0 saturated heterocycles. The van der Waals surface area contributed by atoms with E-state index in [0.29, 0.717) is 11.1 Å². The first kappa shape index (κ1) is 12.9. The van der Waals surface area contributed by atoms with Crippen molar-refractivity contribution < 1.29 is 23.0 Å². The number of hydrogen-bond donors (Lipinski definition) is 1. The van der Waals surface area contributed by atoms with Crippen LogP contribution in [0.1, 0.15) is 17.2 Å². The Morgan fingerprint density at radius 2 is 1.72 bits per heavy atom. The summed E-state index contributed by atoms with van der Waals surface area (Å²) in [5.74, 6) is -0.302. The van der Waals surface area contributed by atoms with Gasteiger partial charge in [-0.2, -0.15) is 11.3 Å². The molecule has 1 N–H and O–H groups in total. The highest BCUT2D eigenvalue weighted by Gasteiger charge is 2.31. The second kappa shape index (κ2) is 4.99. The van der Waals surface area contributed by atoms with Gasteiger partial charge in [-0.3, -0.25) is 0 Å². The first-order valence-corrected chi connectivity index (χ1v) is 5.96. The van der Waals surface area contributed by atoms with Crippen LogP contribution in [0.4, 0.5) is 13.2 Å². The lowest BCUT2D eigenvalue weighted by molar-refractivity contribution is -0.274. The van der Waals surface area contributed by atoms with E-state index >= 15 is 0 Å². The molecule has 0 bridgehead atoms.